The molecule has 6 rings (SSSR count). The number of pyridine rings is 1. The first kappa shape index (κ1) is 18.9. The van der Waals surface area contributed by atoms with Crippen LogP contribution in [0, 0.1) is 23.0 Å². The van der Waals surface area contributed by atoms with Gasteiger partial charge in [0.05, 0.1) is 24.2 Å². The molecule has 30 heavy (non-hydrogen) atoms. The zero-order valence-corrected chi connectivity index (χ0v) is 16.3. The minimum absolute atomic E-state index is 0.00840. The number of amides is 1. The molecule has 6 nitrogen and oxygen atoms in total. The fraction of sp³-hybridized carbons (Fsp3) is 0.409. The van der Waals surface area contributed by atoms with Crippen molar-refractivity contribution in [3.05, 3.63) is 59.3 Å². The molecule has 4 aliphatic rings. The maximum absolute atomic E-state index is 14.2. The predicted molar refractivity (Wildman–Crippen MR) is 105 cm³/mol. The third kappa shape index (κ3) is 3.19. The van der Waals surface area contributed by atoms with Crippen LogP contribution in [0.25, 0.3) is 0 Å². The summed E-state index contributed by atoms with van der Waals surface area (Å²) in [7, 11) is 0. The van der Waals surface area contributed by atoms with Gasteiger partial charge in [0, 0.05) is 36.5 Å². The van der Waals surface area contributed by atoms with Gasteiger partial charge in [0.2, 0.25) is 5.91 Å². The Morgan fingerprint density at radius 2 is 2.00 bits per heavy atom. The summed E-state index contributed by atoms with van der Waals surface area (Å²) < 4.78 is 27.4. The van der Waals surface area contributed by atoms with E-state index in [2.05, 4.69) is 21.3 Å². The Morgan fingerprint density at radius 1 is 1.23 bits per heavy atom. The van der Waals surface area contributed by atoms with Gasteiger partial charge < -0.3 is 9.80 Å². The van der Waals surface area contributed by atoms with Gasteiger partial charge in [0.15, 0.2) is 0 Å². The molecule has 1 saturated carbocycles. The van der Waals surface area contributed by atoms with Crippen molar-refractivity contribution in [2.45, 2.75) is 36.9 Å². The quantitative estimate of drug-likeness (QED) is 0.821. The zero-order valence-electron chi connectivity index (χ0n) is 16.3. The number of nitriles is 1. The molecule has 2 bridgehead atoms. The van der Waals surface area contributed by atoms with E-state index in [9.17, 15) is 13.6 Å². The van der Waals surface area contributed by atoms with E-state index in [1.165, 1.54) is 12.1 Å². The van der Waals surface area contributed by atoms with Crippen LogP contribution in [0.3, 0.4) is 0 Å². The van der Waals surface area contributed by atoms with Crippen LogP contribution in [0.1, 0.15) is 30.4 Å². The van der Waals surface area contributed by atoms with E-state index in [4.69, 9.17) is 5.26 Å². The van der Waals surface area contributed by atoms with Gasteiger partial charge in [-0.15, -0.1) is 0 Å². The normalized spacial score (nSPS) is 23.5. The molecule has 1 amide bonds. The molecule has 4 fully saturated rings. The Morgan fingerprint density at radius 3 is 2.60 bits per heavy atom. The molecule has 0 radical (unpaired) electrons. The van der Waals surface area contributed by atoms with Crippen LogP contribution in [0.15, 0.2) is 36.5 Å². The number of hydrogen-bond donors (Lipinski definition) is 1. The first-order valence-corrected chi connectivity index (χ1v) is 10.1. The molecular weight excluding hydrogens is 388 g/mol. The summed E-state index contributed by atoms with van der Waals surface area (Å²) in [5, 5.41) is 12.1. The topological polar surface area (TPSA) is 72.3 Å². The number of anilines is 1. The van der Waals surface area contributed by atoms with Crippen molar-refractivity contribution in [2.75, 3.05) is 24.5 Å². The number of piperidine rings is 1. The summed E-state index contributed by atoms with van der Waals surface area (Å²) in [5.41, 5.74) is 0.389. The lowest BCUT2D eigenvalue weighted by atomic mass is 9.87. The van der Waals surface area contributed by atoms with E-state index < -0.39 is 17.2 Å². The molecule has 1 aromatic heterocycles. The smallest absolute Gasteiger partial charge is 0.236 e. The van der Waals surface area contributed by atoms with Crippen LogP contribution in [-0.2, 0) is 10.3 Å². The fourth-order valence-electron chi connectivity index (χ4n) is 4.69. The number of carbonyl (C=O) groups excluding carboxylic acids is 1. The minimum Gasteiger partial charge on any atom is -0.347 e. The molecule has 1 aliphatic carbocycles. The minimum atomic E-state index is -0.600. The van der Waals surface area contributed by atoms with Crippen molar-refractivity contribution >= 4 is 11.7 Å². The van der Waals surface area contributed by atoms with E-state index in [0.29, 0.717) is 24.2 Å². The molecule has 3 saturated heterocycles. The van der Waals surface area contributed by atoms with Crippen molar-refractivity contribution in [1.29, 1.82) is 5.26 Å². The highest BCUT2D eigenvalue weighted by atomic mass is 19.1. The van der Waals surface area contributed by atoms with Gasteiger partial charge in [-0.1, -0.05) is 6.07 Å². The first-order valence-electron chi connectivity index (χ1n) is 10.1. The van der Waals surface area contributed by atoms with Crippen molar-refractivity contribution in [1.82, 2.24) is 15.2 Å². The molecule has 154 valence electrons. The molecule has 2 unspecified atom stereocenters. The number of aromatic nitrogens is 1. The Balaban J connectivity index is 1.19. The lowest BCUT2D eigenvalue weighted by molar-refractivity contribution is -0.133. The van der Waals surface area contributed by atoms with Gasteiger partial charge in [-0.05, 0) is 37.5 Å². The monoisotopic (exact) mass is 409 g/mol. The van der Waals surface area contributed by atoms with Crippen molar-refractivity contribution in [2.24, 2.45) is 0 Å². The predicted octanol–water partition coefficient (Wildman–Crippen LogP) is 2.30. The van der Waals surface area contributed by atoms with Gasteiger partial charge in [-0.25, -0.2) is 13.8 Å². The van der Waals surface area contributed by atoms with E-state index in [1.54, 1.807) is 12.3 Å². The summed E-state index contributed by atoms with van der Waals surface area (Å²) in [6.45, 7) is 1.37. The van der Waals surface area contributed by atoms with Crippen LogP contribution in [-0.4, -0.2) is 47.5 Å². The number of halogens is 2. The molecule has 4 heterocycles. The summed E-state index contributed by atoms with van der Waals surface area (Å²) >= 11 is 0. The van der Waals surface area contributed by atoms with Crippen molar-refractivity contribution in [3.63, 3.8) is 0 Å². The third-order valence-corrected chi connectivity index (χ3v) is 6.46. The molecule has 2 aromatic rings. The Bertz CT molecular complexity index is 1020. The maximum Gasteiger partial charge on any atom is 0.236 e. The number of nitrogens with zero attached hydrogens (tertiary/aromatic N) is 4. The highest BCUT2D eigenvalue weighted by Gasteiger charge is 2.48. The second-order valence-corrected chi connectivity index (χ2v) is 8.33. The summed E-state index contributed by atoms with van der Waals surface area (Å²) in [6.07, 6.45) is 4.04. The van der Waals surface area contributed by atoms with Crippen LogP contribution >= 0.6 is 0 Å². The fourth-order valence-corrected chi connectivity index (χ4v) is 4.69. The van der Waals surface area contributed by atoms with Crippen molar-refractivity contribution in [3.8, 4) is 6.07 Å². The highest BCUT2D eigenvalue weighted by molar-refractivity contribution is 5.79. The number of rotatable bonds is 5. The van der Waals surface area contributed by atoms with E-state index in [0.717, 1.165) is 31.1 Å². The number of carbonyl (C=O) groups is 1. The van der Waals surface area contributed by atoms with Crippen LogP contribution in [0.5, 0.6) is 0 Å². The number of benzene rings is 1. The lowest BCUT2D eigenvalue weighted by Gasteiger charge is -2.57. The van der Waals surface area contributed by atoms with Crippen LogP contribution in [0.2, 0.25) is 0 Å². The largest absolute Gasteiger partial charge is 0.347 e. The maximum atomic E-state index is 14.2. The van der Waals surface area contributed by atoms with Gasteiger partial charge in [-0.2, -0.15) is 5.26 Å². The molecule has 1 aromatic carbocycles. The van der Waals surface area contributed by atoms with E-state index >= 15 is 0 Å². The molecule has 1 N–H and O–H groups in total. The molecule has 3 aliphatic heterocycles. The highest BCUT2D eigenvalue weighted by Crippen LogP contribution is 2.46. The number of nitrogens with one attached hydrogen (secondary N) is 1. The standard InChI is InChI=1S/C22H21F2N5O/c23-15-2-3-18(19(24)7-15)22(5-6-22)27-11-21(30)28-12-16-8-17(13-28)29(16)20-4-1-14(9-25)10-26-20/h1-4,7,10,16-17,27H,5-6,8,11-13H2. The molecule has 2 atom stereocenters. The summed E-state index contributed by atoms with van der Waals surface area (Å²) in [4.78, 5) is 21.2. The van der Waals surface area contributed by atoms with Crippen LogP contribution in [0.4, 0.5) is 14.6 Å². The Hall–Kier alpha value is -3.05. The Labute approximate surface area is 173 Å². The van der Waals surface area contributed by atoms with Crippen LogP contribution < -0.4 is 10.2 Å². The first-order chi connectivity index (χ1) is 14.5. The van der Waals surface area contributed by atoms with E-state index in [1.807, 2.05) is 11.0 Å². The van der Waals surface area contributed by atoms with Gasteiger partial charge in [0.25, 0.3) is 0 Å². The van der Waals surface area contributed by atoms with Gasteiger partial charge in [0.1, 0.15) is 23.5 Å². The zero-order chi connectivity index (χ0) is 20.9. The number of fused-ring (bicyclic) bond motifs is 2. The van der Waals surface area contributed by atoms with Gasteiger partial charge in [-0.3, -0.25) is 10.1 Å². The third-order valence-electron chi connectivity index (χ3n) is 6.46. The summed E-state index contributed by atoms with van der Waals surface area (Å²) in [6, 6.07) is 9.73. The number of piperazine rings is 1. The van der Waals surface area contributed by atoms with Crippen molar-refractivity contribution < 1.29 is 13.6 Å². The average Bonchev–Trinajstić information content (AvgIpc) is 3.53. The average molecular weight is 409 g/mol. The molecule has 8 heteroatoms. The second-order valence-electron chi connectivity index (χ2n) is 8.33. The molecular formula is C22H21F2N5O. The SMILES string of the molecule is N#Cc1ccc(N2C3CC2CN(C(=O)CNC2(c4ccc(F)cc4F)CC2)C3)nc1. The summed E-state index contributed by atoms with van der Waals surface area (Å²) in [5.74, 6) is -0.343. The van der Waals surface area contributed by atoms with Gasteiger partial charge >= 0.3 is 0 Å². The van der Waals surface area contributed by atoms with E-state index in [-0.39, 0.29) is 24.5 Å². The second kappa shape index (κ2) is 7.03. The number of hydrogen-bond acceptors (Lipinski definition) is 5. The molecule has 0 spiro atoms. The Kier molecular flexibility index (Phi) is 4.44. The lowest BCUT2D eigenvalue weighted by Crippen LogP contribution is -2.70.